The Balaban J connectivity index is 1.81. The minimum Gasteiger partial charge on any atom is -0.383 e. The number of hydrogen-bond acceptors (Lipinski definition) is 5. The summed E-state index contributed by atoms with van der Waals surface area (Å²) in [6.07, 6.45) is 1.72. The van der Waals surface area contributed by atoms with Crippen molar-refractivity contribution >= 4 is 40.1 Å². The Labute approximate surface area is 193 Å². The number of nitrogens with one attached hydrogen (secondary N) is 1. The van der Waals surface area contributed by atoms with Crippen LogP contribution in [0.5, 0.6) is 0 Å². The van der Waals surface area contributed by atoms with E-state index in [2.05, 4.69) is 43.3 Å². The van der Waals surface area contributed by atoms with Crippen LogP contribution >= 0.6 is 0 Å². The zero-order chi connectivity index (χ0) is 23.8. The molecule has 0 radical (unpaired) electrons. The van der Waals surface area contributed by atoms with Crippen LogP contribution in [0.3, 0.4) is 0 Å². The Morgan fingerprint density at radius 2 is 1.73 bits per heavy atom. The van der Waals surface area contributed by atoms with Crippen LogP contribution in [0.1, 0.15) is 56.1 Å². The lowest BCUT2D eigenvalue weighted by Gasteiger charge is -2.18. The van der Waals surface area contributed by atoms with E-state index in [4.69, 9.17) is 15.7 Å². The van der Waals surface area contributed by atoms with Gasteiger partial charge in [-0.25, -0.2) is 9.97 Å². The summed E-state index contributed by atoms with van der Waals surface area (Å²) in [6, 6.07) is 15.8. The lowest BCUT2D eigenvalue weighted by molar-refractivity contribution is 0.0951. The maximum Gasteiger partial charge on any atom is 0.257 e. The summed E-state index contributed by atoms with van der Waals surface area (Å²) in [7, 11) is 0. The number of rotatable bonds is 5. The molecule has 0 atom stereocenters. The fourth-order valence-corrected chi connectivity index (χ4v) is 3.57. The molecule has 2 aromatic heterocycles. The van der Waals surface area contributed by atoms with Gasteiger partial charge in [0.05, 0.1) is 17.2 Å². The maximum absolute atomic E-state index is 13.0. The van der Waals surface area contributed by atoms with Crippen LogP contribution in [0.2, 0.25) is 0 Å². The Morgan fingerprint density at radius 1 is 1.09 bits per heavy atom. The van der Waals surface area contributed by atoms with Crippen molar-refractivity contribution in [3.63, 3.8) is 0 Å². The number of hydrogen-bond donors (Lipinski definition) is 2. The standard InChI is InChI=1S/C26H30N6O/c1-16(2)14-28-25(33)21-22-24(31-20-9-7-6-8-19(20)30-22)32(23(21)27)29-15-17-10-12-18(13-11-17)26(3,4)5/h6-13,15-16H,14,27H2,1-5H3,(H,28,33)/b29-15+. The average molecular weight is 443 g/mol. The van der Waals surface area contributed by atoms with E-state index in [0.717, 1.165) is 5.56 Å². The van der Waals surface area contributed by atoms with E-state index >= 15 is 0 Å². The summed E-state index contributed by atoms with van der Waals surface area (Å²) in [6.45, 7) is 11.1. The molecule has 1 amide bonds. The molecule has 0 saturated heterocycles. The van der Waals surface area contributed by atoms with Gasteiger partial charge in [0.1, 0.15) is 16.9 Å². The number of amides is 1. The van der Waals surface area contributed by atoms with Crippen molar-refractivity contribution in [2.24, 2.45) is 11.0 Å². The van der Waals surface area contributed by atoms with Gasteiger partial charge in [-0.05, 0) is 34.6 Å². The number of para-hydroxylation sites is 2. The number of aromatic nitrogens is 3. The SMILES string of the molecule is CC(C)CNC(=O)c1c(N)n(/N=C/c2ccc(C(C)(C)C)cc2)c2nc3ccccc3nc12. The van der Waals surface area contributed by atoms with Crippen LogP contribution in [0.15, 0.2) is 53.6 Å². The average Bonchev–Trinajstić information content (AvgIpc) is 3.04. The Kier molecular flexibility index (Phi) is 5.89. The molecule has 170 valence electrons. The van der Waals surface area contributed by atoms with Crippen molar-refractivity contribution in [1.29, 1.82) is 0 Å². The lowest BCUT2D eigenvalue weighted by Crippen LogP contribution is -2.28. The summed E-state index contributed by atoms with van der Waals surface area (Å²) in [5.74, 6) is 0.243. The molecule has 3 N–H and O–H groups in total. The summed E-state index contributed by atoms with van der Waals surface area (Å²) < 4.78 is 1.50. The summed E-state index contributed by atoms with van der Waals surface area (Å²) >= 11 is 0. The lowest BCUT2D eigenvalue weighted by atomic mass is 9.87. The van der Waals surface area contributed by atoms with E-state index in [1.54, 1.807) is 6.21 Å². The molecule has 4 rings (SSSR count). The fourth-order valence-electron chi connectivity index (χ4n) is 3.57. The normalized spacial score (nSPS) is 12.3. The highest BCUT2D eigenvalue weighted by Crippen LogP contribution is 2.28. The van der Waals surface area contributed by atoms with E-state index in [0.29, 0.717) is 40.2 Å². The van der Waals surface area contributed by atoms with Gasteiger partial charge in [-0.3, -0.25) is 4.79 Å². The van der Waals surface area contributed by atoms with E-state index in [9.17, 15) is 4.79 Å². The number of carbonyl (C=O) groups is 1. The number of anilines is 1. The van der Waals surface area contributed by atoms with Gasteiger partial charge in [0.15, 0.2) is 5.65 Å². The zero-order valence-electron chi connectivity index (χ0n) is 19.8. The molecule has 7 nitrogen and oxygen atoms in total. The topological polar surface area (TPSA) is 98.2 Å². The van der Waals surface area contributed by atoms with E-state index in [1.807, 2.05) is 50.2 Å². The molecule has 0 spiro atoms. The van der Waals surface area contributed by atoms with Crippen LogP contribution in [0.25, 0.3) is 22.2 Å². The predicted molar refractivity (Wildman–Crippen MR) is 135 cm³/mol. The number of nitrogen functional groups attached to an aromatic ring is 1. The first-order chi connectivity index (χ1) is 15.6. The van der Waals surface area contributed by atoms with Gasteiger partial charge in [0.25, 0.3) is 5.91 Å². The number of benzene rings is 2. The third-order valence-corrected chi connectivity index (χ3v) is 5.47. The molecule has 0 unspecified atom stereocenters. The predicted octanol–water partition coefficient (Wildman–Crippen LogP) is 4.73. The van der Waals surface area contributed by atoms with E-state index in [-0.39, 0.29) is 17.1 Å². The minimum atomic E-state index is -0.278. The molecule has 0 saturated carbocycles. The first-order valence-electron chi connectivity index (χ1n) is 11.1. The molecular formula is C26H30N6O. The summed E-state index contributed by atoms with van der Waals surface area (Å²) in [5.41, 5.74) is 11.3. The van der Waals surface area contributed by atoms with Crippen molar-refractivity contribution in [3.05, 3.63) is 65.2 Å². The van der Waals surface area contributed by atoms with Crippen LogP contribution in [0, 0.1) is 5.92 Å². The quantitative estimate of drug-likeness (QED) is 0.437. The molecule has 4 aromatic rings. The van der Waals surface area contributed by atoms with Crippen molar-refractivity contribution in [2.75, 3.05) is 12.3 Å². The molecule has 2 heterocycles. The van der Waals surface area contributed by atoms with Crippen LogP contribution < -0.4 is 11.1 Å². The van der Waals surface area contributed by atoms with Crippen molar-refractivity contribution in [2.45, 2.75) is 40.0 Å². The first-order valence-corrected chi connectivity index (χ1v) is 11.1. The van der Waals surface area contributed by atoms with Crippen molar-refractivity contribution in [1.82, 2.24) is 20.0 Å². The Hall–Kier alpha value is -3.74. The van der Waals surface area contributed by atoms with E-state index in [1.165, 1.54) is 10.2 Å². The Morgan fingerprint density at radius 3 is 2.33 bits per heavy atom. The summed E-state index contributed by atoms with van der Waals surface area (Å²) in [5, 5.41) is 7.52. The summed E-state index contributed by atoms with van der Waals surface area (Å²) in [4.78, 5) is 22.4. The largest absolute Gasteiger partial charge is 0.383 e. The second kappa shape index (κ2) is 8.65. The number of nitrogens with two attached hydrogens (primary N) is 1. The van der Waals surface area contributed by atoms with Crippen molar-refractivity contribution in [3.8, 4) is 0 Å². The zero-order valence-corrected chi connectivity index (χ0v) is 19.8. The third kappa shape index (κ3) is 4.58. The van der Waals surface area contributed by atoms with Gasteiger partial charge in [-0.1, -0.05) is 71.0 Å². The highest BCUT2D eigenvalue weighted by molar-refractivity contribution is 6.10. The molecule has 0 aliphatic heterocycles. The fraction of sp³-hybridized carbons (Fsp3) is 0.308. The van der Waals surface area contributed by atoms with Gasteiger partial charge < -0.3 is 11.1 Å². The van der Waals surface area contributed by atoms with Gasteiger partial charge >= 0.3 is 0 Å². The monoisotopic (exact) mass is 442 g/mol. The second-order valence-electron chi connectivity index (χ2n) is 9.68. The molecule has 0 fully saturated rings. The van der Waals surface area contributed by atoms with Crippen LogP contribution in [-0.2, 0) is 5.41 Å². The highest BCUT2D eigenvalue weighted by Gasteiger charge is 2.24. The van der Waals surface area contributed by atoms with Gasteiger partial charge in [0, 0.05) is 6.54 Å². The second-order valence-corrected chi connectivity index (χ2v) is 9.68. The van der Waals surface area contributed by atoms with Crippen LogP contribution in [0.4, 0.5) is 5.82 Å². The first kappa shape index (κ1) is 22.5. The molecule has 0 aliphatic rings. The van der Waals surface area contributed by atoms with E-state index < -0.39 is 0 Å². The Bertz CT molecular complexity index is 1340. The molecule has 7 heteroatoms. The molecule has 0 aliphatic carbocycles. The smallest absolute Gasteiger partial charge is 0.257 e. The maximum atomic E-state index is 13.0. The third-order valence-electron chi connectivity index (χ3n) is 5.47. The van der Waals surface area contributed by atoms with Gasteiger partial charge in [-0.15, -0.1) is 0 Å². The number of nitrogens with zero attached hydrogens (tertiary/aromatic N) is 4. The number of carbonyl (C=O) groups excluding carboxylic acids is 1. The highest BCUT2D eigenvalue weighted by atomic mass is 16.1. The van der Waals surface area contributed by atoms with Gasteiger partial charge in [0.2, 0.25) is 0 Å². The van der Waals surface area contributed by atoms with Crippen LogP contribution in [-0.4, -0.2) is 33.3 Å². The number of fused-ring (bicyclic) bond motifs is 2. The van der Waals surface area contributed by atoms with Crippen molar-refractivity contribution < 1.29 is 4.79 Å². The molecule has 2 aromatic carbocycles. The van der Waals surface area contributed by atoms with Gasteiger partial charge in [-0.2, -0.15) is 9.78 Å². The minimum absolute atomic E-state index is 0.0750. The molecular weight excluding hydrogens is 412 g/mol. The molecule has 33 heavy (non-hydrogen) atoms. The molecule has 0 bridgehead atoms.